The summed E-state index contributed by atoms with van der Waals surface area (Å²) in [5.74, 6) is -0.341. The van der Waals surface area contributed by atoms with Crippen LogP contribution >= 0.6 is 0 Å². The summed E-state index contributed by atoms with van der Waals surface area (Å²) in [5, 5.41) is 2.48. The molecule has 0 saturated heterocycles. The van der Waals surface area contributed by atoms with E-state index in [0.717, 1.165) is 5.56 Å². The monoisotopic (exact) mass is 283 g/mol. The van der Waals surface area contributed by atoms with Gasteiger partial charge in [-0.25, -0.2) is 13.6 Å². The molecule has 3 nitrogen and oxygen atoms in total. The van der Waals surface area contributed by atoms with Crippen molar-refractivity contribution in [2.24, 2.45) is 0 Å². The Morgan fingerprint density at radius 1 is 1.30 bits per heavy atom. The molecule has 0 aromatic heterocycles. The number of carbonyl (C=O) groups excluding carboxylic acids is 1. The van der Waals surface area contributed by atoms with Crippen LogP contribution in [0.15, 0.2) is 36.2 Å². The minimum absolute atomic E-state index is 0.0444. The van der Waals surface area contributed by atoms with Crippen molar-refractivity contribution < 1.29 is 18.3 Å². The molecule has 0 heterocycles. The predicted molar refractivity (Wildman–Crippen MR) is 73.5 cm³/mol. The van der Waals surface area contributed by atoms with Crippen LogP contribution in [0, 0.1) is 5.82 Å². The average molecular weight is 283 g/mol. The second kappa shape index (κ2) is 7.03. The summed E-state index contributed by atoms with van der Waals surface area (Å²) in [4.78, 5) is 11.4. The SMILES string of the molecule is CC(C)(C)OC(=O)NC/C(=C\F)Cc1ccc(F)cc1. The summed E-state index contributed by atoms with van der Waals surface area (Å²) < 4.78 is 30.6. The van der Waals surface area contributed by atoms with Crippen LogP contribution in [-0.2, 0) is 11.2 Å². The number of benzene rings is 1. The Balaban J connectivity index is 2.48. The second-order valence-corrected chi connectivity index (χ2v) is 5.43. The van der Waals surface area contributed by atoms with E-state index in [2.05, 4.69) is 5.32 Å². The lowest BCUT2D eigenvalue weighted by Crippen LogP contribution is -2.33. The number of nitrogens with one attached hydrogen (secondary N) is 1. The van der Waals surface area contributed by atoms with Crippen LogP contribution in [-0.4, -0.2) is 18.2 Å². The van der Waals surface area contributed by atoms with Crippen molar-refractivity contribution in [2.75, 3.05) is 6.54 Å². The van der Waals surface area contributed by atoms with Gasteiger partial charge in [0.25, 0.3) is 0 Å². The molecule has 0 unspecified atom stereocenters. The van der Waals surface area contributed by atoms with Gasteiger partial charge in [0, 0.05) is 6.54 Å². The van der Waals surface area contributed by atoms with Crippen molar-refractivity contribution in [3.05, 3.63) is 47.5 Å². The van der Waals surface area contributed by atoms with Crippen LogP contribution in [0.1, 0.15) is 26.3 Å². The third-order valence-electron chi connectivity index (χ3n) is 2.36. The molecule has 1 N–H and O–H groups in total. The normalized spacial score (nSPS) is 12.2. The highest BCUT2D eigenvalue weighted by Gasteiger charge is 2.16. The molecular weight excluding hydrogens is 264 g/mol. The lowest BCUT2D eigenvalue weighted by Gasteiger charge is -2.20. The highest BCUT2D eigenvalue weighted by molar-refractivity contribution is 5.68. The summed E-state index contributed by atoms with van der Waals surface area (Å²) in [6.45, 7) is 5.29. The Labute approximate surface area is 117 Å². The van der Waals surface area contributed by atoms with Crippen molar-refractivity contribution in [1.29, 1.82) is 0 Å². The maximum Gasteiger partial charge on any atom is 0.407 e. The summed E-state index contributed by atoms with van der Waals surface area (Å²) in [7, 11) is 0. The van der Waals surface area contributed by atoms with E-state index in [1.807, 2.05) is 0 Å². The fourth-order valence-corrected chi connectivity index (χ4v) is 1.50. The van der Waals surface area contributed by atoms with Crippen LogP contribution in [0.5, 0.6) is 0 Å². The maximum atomic E-state index is 12.8. The van der Waals surface area contributed by atoms with E-state index in [1.54, 1.807) is 32.9 Å². The molecule has 0 aliphatic rings. The third-order valence-corrected chi connectivity index (χ3v) is 2.36. The van der Waals surface area contributed by atoms with Crippen molar-refractivity contribution in [1.82, 2.24) is 5.32 Å². The molecule has 0 spiro atoms. The number of alkyl carbamates (subject to hydrolysis) is 1. The fourth-order valence-electron chi connectivity index (χ4n) is 1.50. The van der Waals surface area contributed by atoms with Gasteiger partial charge in [0.15, 0.2) is 0 Å². The van der Waals surface area contributed by atoms with E-state index < -0.39 is 11.7 Å². The maximum absolute atomic E-state index is 12.8. The summed E-state index contributed by atoms with van der Waals surface area (Å²) in [6.07, 6.45) is 0.142. The Morgan fingerprint density at radius 3 is 2.40 bits per heavy atom. The highest BCUT2D eigenvalue weighted by Crippen LogP contribution is 2.10. The molecule has 0 aliphatic carbocycles. The smallest absolute Gasteiger partial charge is 0.407 e. The average Bonchev–Trinajstić information content (AvgIpc) is 2.34. The zero-order valence-corrected chi connectivity index (χ0v) is 11.9. The Morgan fingerprint density at radius 2 is 1.90 bits per heavy atom. The molecule has 110 valence electrons. The van der Waals surface area contributed by atoms with E-state index in [1.165, 1.54) is 12.1 Å². The quantitative estimate of drug-likeness (QED) is 0.914. The van der Waals surface area contributed by atoms with E-state index >= 15 is 0 Å². The first-order valence-corrected chi connectivity index (χ1v) is 6.29. The molecule has 1 aromatic rings. The molecule has 20 heavy (non-hydrogen) atoms. The Kier molecular flexibility index (Phi) is 5.67. The zero-order valence-electron chi connectivity index (χ0n) is 11.9. The van der Waals surface area contributed by atoms with E-state index in [4.69, 9.17) is 4.74 Å². The first-order valence-electron chi connectivity index (χ1n) is 6.29. The van der Waals surface area contributed by atoms with Gasteiger partial charge in [-0.2, -0.15) is 0 Å². The molecule has 1 amide bonds. The van der Waals surface area contributed by atoms with Crippen LogP contribution < -0.4 is 5.32 Å². The molecule has 1 rings (SSSR count). The zero-order chi connectivity index (χ0) is 15.2. The standard InChI is InChI=1S/C15H19F2NO2/c1-15(2,3)20-14(19)18-10-12(9-16)8-11-4-6-13(17)7-5-11/h4-7,9H,8,10H2,1-3H3,(H,18,19)/b12-9-. The third kappa shape index (κ3) is 6.31. The van der Waals surface area contributed by atoms with Crippen molar-refractivity contribution >= 4 is 6.09 Å². The summed E-state index contributed by atoms with van der Waals surface area (Å²) >= 11 is 0. The van der Waals surface area contributed by atoms with Gasteiger partial charge in [0.05, 0.1) is 6.33 Å². The van der Waals surface area contributed by atoms with Gasteiger partial charge >= 0.3 is 6.09 Å². The number of halogens is 2. The van der Waals surface area contributed by atoms with Gasteiger partial charge in [-0.3, -0.25) is 0 Å². The minimum atomic E-state index is -0.601. The molecule has 0 bridgehead atoms. The Bertz CT molecular complexity index is 476. The fraction of sp³-hybridized carbons (Fsp3) is 0.400. The highest BCUT2D eigenvalue weighted by atomic mass is 19.1. The van der Waals surface area contributed by atoms with Crippen molar-refractivity contribution in [3.8, 4) is 0 Å². The number of hydrogen-bond donors (Lipinski definition) is 1. The Hall–Kier alpha value is -1.91. The van der Waals surface area contributed by atoms with Crippen LogP contribution in [0.4, 0.5) is 13.6 Å². The number of rotatable bonds is 4. The topological polar surface area (TPSA) is 38.3 Å². The van der Waals surface area contributed by atoms with Gasteiger partial charge in [-0.05, 0) is 50.5 Å². The summed E-state index contributed by atoms with van der Waals surface area (Å²) in [6, 6.07) is 5.78. The van der Waals surface area contributed by atoms with Crippen LogP contribution in [0.25, 0.3) is 0 Å². The lowest BCUT2D eigenvalue weighted by molar-refractivity contribution is 0.0532. The van der Waals surface area contributed by atoms with Gasteiger partial charge < -0.3 is 10.1 Å². The lowest BCUT2D eigenvalue weighted by atomic mass is 10.1. The first-order chi connectivity index (χ1) is 9.30. The minimum Gasteiger partial charge on any atom is -0.444 e. The molecule has 0 atom stereocenters. The van der Waals surface area contributed by atoms with Crippen molar-refractivity contribution in [3.63, 3.8) is 0 Å². The summed E-state index contributed by atoms with van der Waals surface area (Å²) in [5.41, 5.74) is 0.546. The molecule has 0 fully saturated rings. The molecule has 1 aromatic carbocycles. The van der Waals surface area contributed by atoms with Crippen LogP contribution in [0.2, 0.25) is 0 Å². The van der Waals surface area contributed by atoms with Gasteiger partial charge in [0.1, 0.15) is 11.4 Å². The van der Waals surface area contributed by atoms with Gasteiger partial charge in [0.2, 0.25) is 0 Å². The van der Waals surface area contributed by atoms with E-state index in [-0.39, 0.29) is 12.4 Å². The number of carbonyl (C=O) groups is 1. The predicted octanol–water partition coefficient (Wildman–Crippen LogP) is 3.75. The molecule has 5 heteroatoms. The number of ether oxygens (including phenoxy) is 1. The van der Waals surface area contributed by atoms with E-state index in [0.29, 0.717) is 18.3 Å². The molecule has 0 radical (unpaired) electrons. The largest absolute Gasteiger partial charge is 0.444 e. The molecule has 0 saturated carbocycles. The van der Waals surface area contributed by atoms with Gasteiger partial charge in [-0.15, -0.1) is 0 Å². The molecular formula is C15H19F2NO2. The second-order valence-electron chi connectivity index (χ2n) is 5.43. The number of hydrogen-bond acceptors (Lipinski definition) is 2. The number of amides is 1. The van der Waals surface area contributed by atoms with Crippen LogP contribution in [0.3, 0.4) is 0 Å². The molecule has 0 aliphatic heterocycles. The van der Waals surface area contributed by atoms with Gasteiger partial charge in [-0.1, -0.05) is 12.1 Å². The van der Waals surface area contributed by atoms with Crippen molar-refractivity contribution in [2.45, 2.75) is 32.8 Å². The first kappa shape index (κ1) is 16.1. The van der Waals surface area contributed by atoms with E-state index in [9.17, 15) is 13.6 Å².